The van der Waals surface area contributed by atoms with E-state index in [0.717, 1.165) is 5.92 Å². The molecular formula is C17H34N2O4. The van der Waals surface area contributed by atoms with Crippen molar-refractivity contribution in [1.29, 1.82) is 0 Å². The van der Waals surface area contributed by atoms with Crippen molar-refractivity contribution in [3.05, 3.63) is 0 Å². The number of hydrogen-bond donors (Lipinski definition) is 2. The minimum absolute atomic E-state index is 0.198. The highest BCUT2D eigenvalue weighted by molar-refractivity contribution is 5.71. The highest BCUT2D eigenvalue weighted by Crippen LogP contribution is 2.25. The normalized spacial score (nSPS) is 14.5. The van der Waals surface area contributed by atoms with Crippen LogP contribution in [-0.4, -0.2) is 51.8 Å². The summed E-state index contributed by atoms with van der Waals surface area (Å²) in [6.45, 7) is 6.73. The summed E-state index contributed by atoms with van der Waals surface area (Å²) in [4.78, 5) is 20.7. The molecule has 0 heterocycles. The zero-order valence-electron chi connectivity index (χ0n) is 14.8. The molecule has 1 amide bonds. The largest absolute Gasteiger partial charge is 0.465 e. The van der Waals surface area contributed by atoms with Gasteiger partial charge in [-0.1, -0.05) is 45.4 Å². The Morgan fingerprint density at radius 1 is 1.13 bits per heavy atom. The number of carbonyl (C=O) groups excluding carboxylic acids is 2. The zero-order chi connectivity index (χ0) is 17.2. The highest BCUT2D eigenvalue weighted by atomic mass is 16.5. The standard InChI is InChI=1S/C9H18N2O4.C8H16/c1-2-15-9(13)7-10-3-5-14-6-4-11-8-12;1-2-8-6-4-3-5-7-8/h8,10H,2-7H2,1H3,(H,11,12);8H,2-7H2,1H3. The fourth-order valence-electron chi connectivity index (χ4n) is 2.43. The van der Waals surface area contributed by atoms with E-state index in [2.05, 4.69) is 17.6 Å². The molecule has 0 aliphatic heterocycles. The molecule has 0 saturated heterocycles. The van der Waals surface area contributed by atoms with E-state index >= 15 is 0 Å². The van der Waals surface area contributed by atoms with Crippen molar-refractivity contribution in [1.82, 2.24) is 10.6 Å². The fraction of sp³-hybridized carbons (Fsp3) is 0.882. The van der Waals surface area contributed by atoms with Gasteiger partial charge >= 0.3 is 5.97 Å². The molecule has 0 unspecified atom stereocenters. The van der Waals surface area contributed by atoms with Crippen LogP contribution in [0.1, 0.15) is 52.4 Å². The lowest BCUT2D eigenvalue weighted by molar-refractivity contribution is -0.142. The van der Waals surface area contributed by atoms with Crippen molar-refractivity contribution in [2.24, 2.45) is 5.92 Å². The van der Waals surface area contributed by atoms with Crippen LogP contribution < -0.4 is 10.6 Å². The second-order valence-corrected chi connectivity index (χ2v) is 5.58. The molecule has 0 aromatic heterocycles. The Labute approximate surface area is 140 Å². The van der Waals surface area contributed by atoms with E-state index in [-0.39, 0.29) is 12.5 Å². The Hall–Kier alpha value is -1.14. The third kappa shape index (κ3) is 15.5. The van der Waals surface area contributed by atoms with Gasteiger partial charge in [0.25, 0.3) is 0 Å². The molecule has 0 spiro atoms. The Morgan fingerprint density at radius 3 is 2.39 bits per heavy atom. The number of ether oxygens (including phenoxy) is 2. The molecule has 0 atom stereocenters. The zero-order valence-corrected chi connectivity index (χ0v) is 14.8. The van der Waals surface area contributed by atoms with Crippen LogP contribution in [-0.2, 0) is 19.1 Å². The molecule has 2 N–H and O–H groups in total. The average Bonchev–Trinajstić information content (AvgIpc) is 2.59. The monoisotopic (exact) mass is 330 g/mol. The smallest absolute Gasteiger partial charge is 0.319 e. The number of esters is 1. The molecule has 1 saturated carbocycles. The highest BCUT2D eigenvalue weighted by Gasteiger charge is 2.09. The quantitative estimate of drug-likeness (QED) is 0.344. The van der Waals surface area contributed by atoms with Crippen LogP contribution in [0.25, 0.3) is 0 Å². The van der Waals surface area contributed by atoms with Gasteiger partial charge in [-0.15, -0.1) is 0 Å². The Morgan fingerprint density at radius 2 is 1.83 bits per heavy atom. The molecule has 136 valence electrons. The molecule has 6 heteroatoms. The van der Waals surface area contributed by atoms with Gasteiger partial charge < -0.3 is 20.1 Å². The first-order chi connectivity index (χ1) is 11.2. The number of nitrogens with one attached hydrogen (secondary N) is 2. The van der Waals surface area contributed by atoms with Gasteiger partial charge in [0.2, 0.25) is 6.41 Å². The summed E-state index contributed by atoms with van der Waals surface area (Å²) in [7, 11) is 0. The van der Waals surface area contributed by atoms with Crippen LogP contribution in [0.5, 0.6) is 0 Å². The van der Waals surface area contributed by atoms with Crippen molar-refractivity contribution in [3.8, 4) is 0 Å². The molecule has 1 fully saturated rings. The molecule has 1 aliphatic rings. The van der Waals surface area contributed by atoms with Gasteiger partial charge in [-0.25, -0.2) is 0 Å². The van der Waals surface area contributed by atoms with Gasteiger partial charge in [-0.3, -0.25) is 9.59 Å². The Balaban J connectivity index is 0.000000502. The van der Waals surface area contributed by atoms with Crippen LogP contribution in [0.2, 0.25) is 0 Å². The lowest BCUT2D eigenvalue weighted by atomic mass is 9.88. The predicted molar refractivity (Wildman–Crippen MR) is 91.3 cm³/mol. The van der Waals surface area contributed by atoms with E-state index in [1.165, 1.54) is 38.5 Å². The van der Waals surface area contributed by atoms with Crippen molar-refractivity contribution < 1.29 is 19.1 Å². The van der Waals surface area contributed by atoms with E-state index in [9.17, 15) is 9.59 Å². The summed E-state index contributed by atoms with van der Waals surface area (Å²) in [5.41, 5.74) is 0. The molecule has 23 heavy (non-hydrogen) atoms. The maximum atomic E-state index is 10.8. The van der Waals surface area contributed by atoms with Crippen LogP contribution in [0.4, 0.5) is 0 Å². The molecule has 0 aromatic carbocycles. The van der Waals surface area contributed by atoms with Gasteiger partial charge in [0, 0.05) is 13.1 Å². The third-order valence-corrected chi connectivity index (χ3v) is 3.77. The Bertz CT molecular complexity index is 282. The minimum Gasteiger partial charge on any atom is -0.465 e. The van der Waals surface area contributed by atoms with Gasteiger partial charge in [0.1, 0.15) is 0 Å². The first-order valence-corrected chi connectivity index (χ1v) is 8.85. The molecule has 0 bridgehead atoms. The van der Waals surface area contributed by atoms with Crippen molar-refractivity contribution in [3.63, 3.8) is 0 Å². The van der Waals surface area contributed by atoms with Crippen LogP contribution in [0.15, 0.2) is 0 Å². The lowest BCUT2D eigenvalue weighted by Crippen LogP contribution is -2.28. The summed E-state index contributed by atoms with van der Waals surface area (Å²) in [5, 5.41) is 5.35. The van der Waals surface area contributed by atoms with Gasteiger partial charge in [-0.2, -0.15) is 0 Å². The van der Waals surface area contributed by atoms with Crippen LogP contribution >= 0.6 is 0 Å². The fourth-order valence-corrected chi connectivity index (χ4v) is 2.43. The number of hydrogen-bond acceptors (Lipinski definition) is 5. The summed E-state index contributed by atoms with van der Waals surface area (Å²) in [6.07, 6.45) is 9.56. The first kappa shape index (κ1) is 21.9. The molecule has 1 aliphatic carbocycles. The van der Waals surface area contributed by atoms with E-state index in [1.807, 2.05) is 0 Å². The first-order valence-electron chi connectivity index (χ1n) is 8.85. The summed E-state index contributed by atoms with van der Waals surface area (Å²) in [5.74, 6) is 0.823. The summed E-state index contributed by atoms with van der Waals surface area (Å²) in [6, 6.07) is 0. The number of rotatable bonds is 11. The maximum absolute atomic E-state index is 10.8. The Kier molecular flexibility index (Phi) is 16.4. The molecular weight excluding hydrogens is 296 g/mol. The van der Waals surface area contributed by atoms with Crippen molar-refractivity contribution in [2.45, 2.75) is 52.4 Å². The summed E-state index contributed by atoms with van der Waals surface area (Å²) >= 11 is 0. The SMILES string of the molecule is CCC1CCCCC1.CCOC(=O)CNCCOCCNC=O. The summed E-state index contributed by atoms with van der Waals surface area (Å²) < 4.78 is 9.85. The van der Waals surface area contributed by atoms with Gasteiger partial charge in [0.05, 0.1) is 26.4 Å². The second-order valence-electron chi connectivity index (χ2n) is 5.58. The molecule has 0 aromatic rings. The maximum Gasteiger partial charge on any atom is 0.319 e. The molecule has 0 radical (unpaired) electrons. The number of amides is 1. The van der Waals surface area contributed by atoms with Crippen LogP contribution in [0, 0.1) is 5.92 Å². The third-order valence-electron chi connectivity index (χ3n) is 3.77. The van der Waals surface area contributed by atoms with Gasteiger partial charge in [-0.05, 0) is 12.8 Å². The predicted octanol–water partition coefficient (Wildman–Crippen LogP) is 1.88. The van der Waals surface area contributed by atoms with Crippen molar-refractivity contribution >= 4 is 12.4 Å². The van der Waals surface area contributed by atoms with E-state index < -0.39 is 0 Å². The van der Waals surface area contributed by atoms with E-state index in [1.54, 1.807) is 6.92 Å². The number of carbonyl (C=O) groups is 2. The molecule has 1 rings (SSSR count). The second kappa shape index (κ2) is 17.2. The van der Waals surface area contributed by atoms with E-state index in [0.29, 0.717) is 39.3 Å². The average molecular weight is 330 g/mol. The molecule has 6 nitrogen and oxygen atoms in total. The van der Waals surface area contributed by atoms with E-state index in [4.69, 9.17) is 9.47 Å². The lowest BCUT2D eigenvalue weighted by Gasteiger charge is -2.18. The van der Waals surface area contributed by atoms with Crippen molar-refractivity contribution in [2.75, 3.05) is 39.5 Å². The topological polar surface area (TPSA) is 76.7 Å². The minimum atomic E-state index is -0.264. The van der Waals surface area contributed by atoms with Gasteiger partial charge in [0.15, 0.2) is 0 Å². The van der Waals surface area contributed by atoms with Crippen LogP contribution in [0.3, 0.4) is 0 Å².